The van der Waals surface area contributed by atoms with Crippen molar-refractivity contribution in [2.45, 2.75) is 18.9 Å². The van der Waals surface area contributed by atoms with Gasteiger partial charge >= 0.3 is 5.97 Å². The fourth-order valence-corrected chi connectivity index (χ4v) is 2.87. The number of aliphatic carboxylic acids is 1. The quantitative estimate of drug-likeness (QED) is 0.794. The highest BCUT2D eigenvalue weighted by Gasteiger charge is 2.41. The minimum atomic E-state index is -0.948. The average Bonchev–Trinajstić information content (AvgIpc) is 2.67. The molecular formula is C14H19IN2O2. The Balaban J connectivity index is 2.35. The summed E-state index contributed by atoms with van der Waals surface area (Å²) in [6.45, 7) is 5.17. The average molecular weight is 374 g/mol. The number of carbonyl (C=O) groups is 1. The molecule has 4 nitrogen and oxygen atoms in total. The third-order valence-corrected chi connectivity index (χ3v) is 4.51. The van der Waals surface area contributed by atoms with Crippen molar-refractivity contribution in [2.24, 2.45) is 0 Å². The number of halogens is 1. The number of benzene rings is 1. The summed E-state index contributed by atoms with van der Waals surface area (Å²) >= 11 is 2.23. The molecule has 2 rings (SSSR count). The number of rotatable bonds is 3. The number of carboxylic acid groups (broad SMARTS) is 1. The first-order valence-electron chi connectivity index (χ1n) is 6.50. The molecule has 1 atom stereocenters. The Morgan fingerprint density at radius 1 is 1.32 bits per heavy atom. The number of hydrogen-bond donors (Lipinski definition) is 2. The summed E-state index contributed by atoms with van der Waals surface area (Å²) in [7, 11) is 0. The van der Waals surface area contributed by atoms with Gasteiger partial charge in [0, 0.05) is 23.2 Å². The lowest BCUT2D eigenvalue weighted by atomic mass is 9.90. The maximum atomic E-state index is 11.9. The lowest BCUT2D eigenvalue weighted by molar-refractivity contribution is -0.151. The van der Waals surface area contributed by atoms with Gasteiger partial charge in [0.1, 0.15) is 5.54 Å². The Labute approximate surface area is 127 Å². The Kier molecular flexibility index (Phi) is 4.81. The van der Waals surface area contributed by atoms with Gasteiger partial charge in [-0.2, -0.15) is 0 Å². The molecule has 0 saturated carbocycles. The summed E-state index contributed by atoms with van der Waals surface area (Å²) in [6.07, 6.45) is 0.979. The van der Waals surface area contributed by atoms with Crippen LogP contribution in [-0.2, 0) is 10.3 Å². The van der Waals surface area contributed by atoms with E-state index >= 15 is 0 Å². The van der Waals surface area contributed by atoms with Crippen LogP contribution in [0, 0.1) is 3.57 Å². The largest absolute Gasteiger partial charge is 0.480 e. The van der Waals surface area contributed by atoms with E-state index in [1.54, 1.807) is 0 Å². The van der Waals surface area contributed by atoms with Crippen molar-refractivity contribution in [1.82, 2.24) is 10.2 Å². The van der Waals surface area contributed by atoms with Crippen molar-refractivity contribution in [2.75, 3.05) is 26.2 Å². The van der Waals surface area contributed by atoms with Gasteiger partial charge in [-0.1, -0.05) is 12.1 Å². The SMILES string of the molecule is CC(C(=O)O)(c1ccc(I)cc1)N1CCCNCC1. The van der Waals surface area contributed by atoms with Crippen LogP contribution in [0.15, 0.2) is 24.3 Å². The summed E-state index contributed by atoms with van der Waals surface area (Å²) in [5.41, 5.74) is -0.0987. The fraction of sp³-hybridized carbons (Fsp3) is 0.500. The summed E-state index contributed by atoms with van der Waals surface area (Å²) in [6, 6.07) is 7.78. The van der Waals surface area contributed by atoms with E-state index in [9.17, 15) is 9.90 Å². The molecule has 1 aromatic rings. The predicted octanol–water partition coefficient (Wildman–Crippen LogP) is 1.89. The Bertz CT molecular complexity index is 441. The molecule has 1 unspecified atom stereocenters. The summed E-state index contributed by atoms with van der Waals surface area (Å²) in [4.78, 5) is 13.9. The molecule has 104 valence electrons. The summed E-state index contributed by atoms with van der Waals surface area (Å²) in [5.74, 6) is -0.782. The first kappa shape index (κ1) is 14.7. The van der Waals surface area contributed by atoms with Crippen LogP contribution in [0.3, 0.4) is 0 Å². The normalized spacial score (nSPS) is 20.5. The van der Waals surface area contributed by atoms with Crippen LogP contribution in [0.2, 0.25) is 0 Å². The Morgan fingerprint density at radius 3 is 2.63 bits per heavy atom. The van der Waals surface area contributed by atoms with Crippen LogP contribution in [0.4, 0.5) is 0 Å². The molecule has 1 aliphatic rings. The number of carboxylic acids is 1. The van der Waals surface area contributed by atoms with E-state index in [0.29, 0.717) is 0 Å². The van der Waals surface area contributed by atoms with Gasteiger partial charge in [-0.25, -0.2) is 4.79 Å². The molecule has 0 aromatic heterocycles. The molecule has 1 saturated heterocycles. The highest BCUT2D eigenvalue weighted by Crippen LogP contribution is 2.29. The zero-order valence-corrected chi connectivity index (χ0v) is 13.2. The van der Waals surface area contributed by atoms with Gasteiger partial charge in [0.15, 0.2) is 0 Å². The number of hydrogen-bond acceptors (Lipinski definition) is 3. The minimum Gasteiger partial charge on any atom is -0.480 e. The topological polar surface area (TPSA) is 52.6 Å². The summed E-state index contributed by atoms with van der Waals surface area (Å²) < 4.78 is 1.12. The second-order valence-corrected chi connectivity index (χ2v) is 6.22. The predicted molar refractivity (Wildman–Crippen MR) is 83.2 cm³/mol. The Hall–Kier alpha value is -0.660. The monoisotopic (exact) mass is 374 g/mol. The molecule has 0 radical (unpaired) electrons. The zero-order valence-electron chi connectivity index (χ0n) is 11.0. The first-order chi connectivity index (χ1) is 9.05. The molecule has 1 heterocycles. The number of nitrogens with one attached hydrogen (secondary N) is 1. The van der Waals surface area contributed by atoms with Gasteiger partial charge in [0.05, 0.1) is 0 Å². The molecular weight excluding hydrogens is 355 g/mol. The zero-order chi connectivity index (χ0) is 13.9. The van der Waals surface area contributed by atoms with E-state index in [0.717, 1.165) is 41.7 Å². The molecule has 1 aliphatic heterocycles. The third-order valence-electron chi connectivity index (χ3n) is 3.80. The summed E-state index contributed by atoms with van der Waals surface area (Å²) in [5, 5.41) is 13.0. The van der Waals surface area contributed by atoms with E-state index in [1.807, 2.05) is 31.2 Å². The highest BCUT2D eigenvalue weighted by atomic mass is 127. The molecule has 19 heavy (non-hydrogen) atoms. The maximum Gasteiger partial charge on any atom is 0.328 e. The van der Waals surface area contributed by atoms with Crippen molar-refractivity contribution in [3.05, 3.63) is 33.4 Å². The highest BCUT2D eigenvalue weighted by molar-refractivity contribution is 14.1. The standard InChI is InChI=1S/C14H19IN2O2/c1-14(13(18)19,11-3-5-12(15)6-4-11)17-9-2-7-16-8-10-17/h3-6,16H,2,7-10H2,1H3,(H,18,19). The molecule has 0 bridgehead atoms. The van der Waals surface area contributed by atoms with Gasteiger partial charge in [0.25, 0.3) is 0 Å². The minimum absolute atomic E-state index is 0.759. The van der Waals surface area contributed by atoms with E-state index < -0.39 is 11.5 Å². The third kappa shape index (κ3) is 3.09. The van der Waals surface area contributed by atoms with Crippen molar-refractivity contribution in [3.8, 4) is 0 Å². The Morgan fingerprint density at radius 2 is 2.00 bits per heavy atom. The van der Waals surface area contributed by atoms with E-state index in [2.05, 4.69) is 32.8 Å². The fourth-order valence-electron chi connectivity index (χ4n) is 2.51. The molecule has 5 heteroatoms. The van der Waals surface area contributed by atoms with Crippen LogP contribution in [-0.4, -0.2) is 42.2 Å². The van der Waals surface area contributed by atoms with Gasteiger partial charge in [0.2, 0.25) is 0 Å². The van der Waals surface area contributed by atoms with Crippen LogP contribution in [0.1, 0.15) is 18.9 Å². The van der Waals surface area contributed by atoms with Crippen molar-refractivity contribution in [1.29, 1.82) is 0 Å². The number of nitrogens with zero attached hydrogens (tertiary/aromatic N) is 1. The van der Waals surface area contributed by atoms with E-state index in [-0.39, 0.29) is 0 Å². The van der Waals surface area contributed by atoms with E-state index in [1.165, 1.54) is 0 Å². The van der Waals surface area contributed by atoms with Crippen LogP contribution < -0.4 is 5.32 Å². The van der Waals surface area contributed by atoms with Crippen molar-refractivity contribution < 1.29 is 9.90 Å². The molecule has 0 aliphatic carbocycles. The smallest absolute Gasteiger partial charge is 0.328 e. The van der Waals surface area contributed by atoms with Gasteiger partial charge in [-0.3, -0.25) is 4.90 Å². The van der Waals surface area contributed by atoms with Crippen LogP contribution in [0.25, 0.3) is 0 Å². The van der Waals surface area contributed by atoms with E-state index in [4.69, 9.17) is 0 Å². The molecule has 0 spiro atoms. The maximum absolute atomic E-state index is 11.9. The van der Waals surface area contributed by atoms with Crippen molar-refractivity contribution in [3.63, 3.8) is 0 Å². The second kappa shape index (κ2) is 6.19. The van der Waals surface area contributed by atoms with Gasteiger partial charge in [-0.05, 0) is 60.2 Å². The molecule has 2 N–H and O–H groups in total. The van der Waals surface area contributed by atoms with Gasteiger partial charge < -0.3 is 10.4 Å². The lowest BCUT2D eigenvalue weighted by Gasteiger charge is -2.37. The molecule has 0 amide bonds. The molecule has 1 aromatic carbocycles. The van der Waals surface area contributed by atoms with Crippen molar-refractivity contribution >= 4 is 28.6 Å². The van der Waals surface area contributed by atoms with Crippen LogP contribution >= 0.6 is 22.6 Å². The lowest BCUT2D eigenvalue weighted by Crippen LogP contribution is -2.51. The molecule has 1 fully saturated rings. The second-order valence-electron chi connectivity index (χ2n) is 4.97. The first-order valence-corrected chi connectivity index (χ1v) is 7.58. The van der Waals surface area contributed by atoms with Gasteiger partial charge in [-0.15, -0.1) is 0 Å². The van der Waals surface area contributed by atoms with Crippen LogP contribution in [0.5, 0.6) is 0 Å².